The van der Waals surface area contributed by atoms with E-state index in [4.69, 9.17) is 23.2 Å². The second kappa shape index (κ2) is 6.94. The number of hydrogen-bond donors (Lipinski definition) is 0. The van der Waals surface area contributed by atoms with Gasteiger partial charge in [0.05, 0.1) is 5.02 Å². The average Bonchev–Trinajstić information content (AvgIpc) is 2.49. The molecule has 0 unspecified atom stereocenters. The number of benzene rings is 3. The van der Waals surface area contributed by atoms with Gasteiger partial charge in [-0.15, -0.1) is 0 Å². The number of fused-ring (bicyclic) bond motifs is 1. The standard InChI is InChI=1S/C18H9Br2Cl2F/c19-13-6-12(18(23)17(22)8-13)4-2-10-1-3-11-7-14(21)9-16(20)15(11)5-10/h1-9H. The van der Waals surface area contributed by atoms with Crippen molar-refractivity contribution < 1.29 is 4.39 Å². The third-order valence-electron chi connectivity index (χ3n) is 3.37. The van der Waals surface area contributed by atoms with Gasteiger partial charge < -0.3 is 0 Å². The molecule has 0 radical (unpaired) electrons. The van der Waals surface area contributed by atoms with Crippen LogP contribution in [0.3, 0.4) is 0 Å². The molecule has 0 aromatic heterocycles. The molecule has 23 heavy (non-hydrogen) atoms. The van der Waals surface area contributed by atoms with Crippen LogP contribution >= 0.6 is 55.1 Å². The minimum Gasteiger partial charge on any atom is -0.205 e. The SMILES string of the molecule is Fc1c(Cl)cc(Br)cc1C=Cc1ccc2cc(Cl)cc(Br)c2c1. The Balaban J connectivity index is 2.02. The summed E-state index contributed by atoms with van der Waals surface area (Å²) in [5, 5.41) is 2.86. The van der Waals surface area contributed by atoms with Gasteiger partial charge in [0.25, 0.3) is 0 Å². The van der Waals surface area contributed by atoms with Crippen molar-refractivity contribution in [3.8, 4) is 0 Å². The molecule has 0 bridgehead atoms. The third kappa shape index (κ3) is 3.80. The van der Waals surface area contributed by atoms with E-state index < -0.39 is 5.82 Å². The fourth-order valence-electron chi connectivity index (χ4n) is 2.28. The van der Waals surface area contributed by atoms with E-state index in [0.29, 0.717) is 10.6 Å². The van der Waals surface area contributed by atoms with Crippen LogP contribution in [0.1, 0.15) is 11.1 Å². The number of hydrogen-bond acceptors (Lipinski definition) is 0. The predicted octanol–water partition coefficient (Wildman–Crippen LogP) is 7.98. The summed E-state index contributed by atoms with van der Waals surface area (Å²) in [4.78, 5) is 0. The molecular weight excluding hydrogens is 466 g/mol. The van der Waals surface area contributed by atoms with Crippen molar-refractivity contribution in [3.05, 3.63) is 78.4 Å². The smallest absolute Gasteiger partial charge is 0.149 e. The lowest BCUT2D eigenvalue weighted by atomic mass is 10.1. The van der Waals surface area contributed by atoms with Crippen molar-refractivity contribution in [2.75, 3.05) is 0 Å². The van der Waals surface area contributed by atoms with Crippen LogP contribution in [0.15, 0.2) is 51.4 Å². The Labute approximate surface area is 160 Å². The van der Waals surface area contributed by atoms with Crippen molar-refractivity contribution in [1.82, 2.24) is 0 Å². The molecule has 0 saturated heterocycles. The molecule has 0 saturated carbocycles. The Morgan fingerprint density at radius 2 is 1.70 bits per heavy atom. The van der Waals surface area contributed by atoms with Crippen molar-refractivity contribution in [1.29, 1.82) is 0 Å². The molecule has 0 aliphatic rings. The zero-order chi connectivity index (χ0) is 16.6. The van der Waals surface area contributed by atoms with Crippen molar-refractivity contribution in [2.45, 2.75) is 0 Å². The number of halogens is 5. The molecule has 0 aliphatic heterocycles. The summed E-state index contributed by atoms with van der Waals surface area (Å²) in [6.45, 7) is 0. The highest BCUT2D eigenvalue weighted by Crippen LogP contribution is 2.30. The zero-order valence-electron chi connectivity index (χ0n) is 11.6. The molecule has 0 amide bonds. The molecule has 0 atom stereocenters. The van der Waals surface area contributed by atoms with Crippen LogP contribution < -0.4 is 0 Å². The van der Waals surface area contributed by atoms with Crippen LogP contribution in [0, 0.1) is 5.82 Å². The molecule has 0 aliphatic carbocycles. The van der Waals surface area contributed by atoms with Gasteiger partial charge in [0, 0.05) is 19.5 Å². The van der Waals surface area contributed by atoms with E-state index in [1.807, 2.05) is 36.4 Å². The highest BCUT2D eigenvalue weighted by molar-refractivity contribution is 9.11. The van der Waals surface area contributed by atoms with E-state index in [9.17, 15) is 4.39 Å². The van der Waals surface area contributed by atoms with Crippen LogP contribution in [0.25, 0.3) is 22.9 Å². The Morgan fingerprint density at radius 3 is 2.48 bits per heavy atom. The van der Waals surface area contributed by atoms with Gasteiger partial charge in [-0.3, -0.25) is 0 Å². The fraction of sp³-hybridized carbons (Fsp3) is 0. The lowest BCUT2D eigenvalue weighted by molar-refractivity contribution is 0.625. The summed E-state index contributed by atoms with van der Waals surface area (Å²) in [5.41, 5.74) is 1.38. The maximum absolute atomic E-state index is 14.0. The minimum atomic E-state index is -0.431. The van der Waals surface area contributed by atoms with Gasteiger partial charge in [-0.25, -0.2) is 4.39 Å². The summed E-state index contributed by atoms with van der Waals surface area (Å²) in [7, 11) is 0. The van der Waals surface area contributed by atoms with E-state index in [2.05, 4.69) is 31.9 Å². The second-order valence-corrected chi connectivity index (χ2v) is 7.61. The molecule has 3 rings (SSSR count). The van der Waals surface area contributed by atoms with Crippen LogP contribution in [-0.2, 0) is 0 Å². The molecule has 3 aromatic rings. The van der Waals surface area contributed by atoms with Gasteiger partial charge in [-0.2, -0.15) is 0 Å². The molecule has 0 N–H and O–H groups in total. The van der Waals surface area contributed by atoms with Gasteiger partial charge in [-0.05, 0) is 46.7 Å². The fourth-order valence-corrected chi connectivity index (χ4v) is 4.06. The van der Waals surface area contributed by atoms with E-state index in [0.717, 1.165) is 25.3 Å². The Kier molecular flexibility index (Phi) is 5.12. The quantitative estimate of drug-likeness (QED) is 0.261. The van der Waals surface area contributed by atoms with E-state index in [1.165, 1.54) is 6.07 Å². The van der Waals surface area contributed by atoms with E-state index >= 15 is 0 Å². The normalized spacial score (nSPS) is 11.5. The molecule has 3 aromatic carbocycles. The monoisotopic (exact) mass is 472 g/mol. The van der Waals surface area contributed by atoms with Crippen molar-refractivity contribution in [2.24, 2.45) is 0 Å². The first-order chi connectivity index (χ1) is 10.9. The van der Waals surface area contributed by atoms with Crippen molar-refractivity contribution >= 4 is 78.0 Å². The Hall–Kier alpha value is -0.870. The second-order valence-electron chi connectivity index (χ2n) is 4.99. The topological polar surface area (TPSA) is 0 Å². The first-order valence-corrected chi connectivity index (χ1v) is 8.99. The highest BCUT2D eigenvalue weighted by atomic mass is 79.9. The molecule has 0 fully saturated rings. The molecule has 0 spiro atoms. The summed E-state index contributed by atoms with van der Waals surface area (Å²) in [5.74, 6) is -0.431. The molecule has 0 heterocycles. The summed E-state index contributed by atoms with van der Waals surface area (Å²) >= 11 is 18.7. The Morgan fingerprint density at radius 1 is 0.913 bits per heavy atom. The lowest BCUT2D eigenvalue weighted by Crippen LogP contribution is -1.84. The van der Waals surface area contributed by atoms with Crippen LogP contribution in [0.5, 0.6) is 0 Å². The molecule has 0 nitrogen and oxygen atoms in total. The van der Waals surface area contributed by atoms with Gasteiger partial charge in [0.15, 0.2) is 0 Å². The maximum Gasteiger partial charge on any atom is 0.149 e. The largest absolute Gasteiger partial charge is 0.205 e. The predicted molar refractivity (Wildman–Crippen MR) is 105 cm³/mol. The van der Waals surface area contributed by atoms with Gasteiger partial charge in [0.1, 0.15) is 5.82 Å². The lowest BCUT2D eigenvalue weighted by Gasteiger charge is -2.04. The summed E-state index contributed by atoms with van der Waals surface area (Å²) < 4.78 is 15.7. The maximum atomic E-state index is 14.0. The minimum absolute atomic E-state index is 0.0925. The van der Waals surface area contributed by atoms with E-state index in [1.54, 1.807) is 12.1 Å². The molecule has 5 heteroatoms. The van der Waals surface area contributed by atoms with Crippen LogP contribution in [0.4, 0.5) is 4.39 Å². The summed E-state index contributed by atoms with van der Waals surface area (Å²) in [6.07, 6.45) is 3.55. The first-order valence-electron chi connectivity index (χ1n) is 6.65. The third-order valence-corrected chi connectivity index (χ3v) is 4.98. The van der Waals surface area contributed by atoms with Crippen molar-refractivity contribution in [3.63, 3.8) is 0 Å². The number of rotatable bonds is 2. The van der Waals surface area contributed by atoms with E-state index in [-0.39, 0.29) is 5.02 Å². The van der Waals surface area contributed by atoms with Gasteiger partial charge in [-0.1, -0.05) is 79.3 Å². The molecular formula is C18H9Br2Cl2F. The molecule has 116 valence electrons. The highest BCUT2D eigenvalue weighted by Gasteiger charge is 2.06. The van der Waals surface area contributed by atoms with Crippen LogP contribution in [0.2, 0.25) is 10.0 Å². The average molecular weight is 475 g/mol. The van der Waals surface area contributed by atoms with Crippen LogP contribution in [-0.4, -0.2) is 0 Å². The first kappa shape index (κ1) is 17.0. The van der Waals surface area contributed by atoms with Gasteiger partial charge >= 0.3 is 0 Å². The van der Waals surface area contributed by atoms with Gasteiger partial charge in [0.2, 0.25) is 0 Å². The summed E-state index contributed by atoms with van der Waals surface area (Å²) in [6, 6.07) is 12.9. The Bertz CT molecular complexity index is 936. The zero-order valence-corrected chi connectivity index (χ0v) is 16.3.